The molecule has 2 aliphatic rings. The lowest BCUT2D eigenvalue weighted by Gasteiger charge is -2.17. The number of benzene rings is 2. The zero-order valence-electron chi connectivity index (χ0n) is 29.3. The molecule has 0 bridgehead atoms. The maximum absolute atomic E-state index is 13.3. The average molecular weight is 720 g/mol. The molecular weight excluding hydrogens is 678 g/mol. The highest BCUT2D eigenvalue weighted by atomic mass is 35.5. The number of fused-ring (bicyclic) bond motifs is 1. The quantitative estimate of drug-likeness (QED) is 0.131. The number of nitrogens with one attached hydrogen (secondary N) is 4. The highest BCUT2D eigenvalue weighted by molar-refractivity contribution is 6.36. The number of ether oxygens (including phenoxy) is 1. The van der Waals surface area contributed by atoms with Crippen molar-refractivity contribution >= 4 is 29.1 Å². The van der Waals surface area contributed by atoms with Crippen molar-refractivity contribution in [3.05, 3.63) is 105 Å². The lowest BCUT2D eigenvalue weighted by molar-refractivity contribution is -0.120. The summed E-state index contributed by atoms with van der Waals surface area (Å²) in [6.07, 6.45) is 6.15. The van der Waals surface area contributed by atoms with E-state index in [1.54, 1.807) is 16.8 Å². The van der Waals surface area contributed by atoms with Crippen LogP contribution in [0.5, 0.6) is 5.88 Å². The van der Waals surface area contributed by atoms with Crippen molar-refractivity contribution in [2.24, 2.45) is 0 Å². The Hall–Kier alpha value is -5.10. The summed E-state index contributed by atoms with van der Waals surface area (Å²) >= 11 is 7.18. The van der Waals surface area contributed by atoms with Gasteiger partial charge in [-0.1, -0.05) is 54.1 Å². The maximum atomic E-state index is 13.3. The van der Waals surface area contributed by atoms with Gasteiger partial charge in [0.15, 0.2) is 0 Å². The second-order valence-corrected chi connectivity index (χ2v) is 13.7. The molecule has 2 saturated heterocycles. The topological polar surface area (TPSA) is 139 Å². The van der Waals surface area contributed by atoms with E-state index in [2.05, 4.69) is 45.3 Å². The number of hydrogen-bond acceptors (Lipinski definition) is 8. The lowest BCUT2D eigenvalue weighted by atomic mass is 9.92. The predicted octanol–water partition coefficient (Wildman–Crippen LogP) is 5.19. The lowest BCUT2D eigenvalue weighted by Crippen LogP contribution is -2.36. The van der Waals surface area contributed by atoms with Crippen molar-refractivity contribution < 1.29 is 14.3 Å². The van der Waals surface area contributed by atoms with Crippen LogP contribution in [0, 0.1) is 6.92 Å². The molecule has 52 heavy (non-hydrogen) atoms. The monoisotopic (exact) mass is 719 g/mol. The fourth-order valence-corrected chi connectivity index (χ4v) is 7.34. The molecule has 2 fully saturated rings. The van der Waals surface area contributed by atoms with E-state index in [1.807, 2.05) is 55.5 Å². The maximum Gasteiger partial charge on any atom is 0.262 e. The second kappa shape index (κ2) is 15.6. The van der Waals surface area contributed by atoms with Crippen LogP contribution in [0.2, 0.25) is 5.02 Å². The zero-order valence-corrected chi connectivity index (χ0v) is 30.1. The van der Waals surface area contributed by atoms with Gasteiger partial charge in [-0.3, -0.25) is 18.8 Å². The number of rotatable bonds is 13. The Morgan fingerprint density at radius 3 is 2.17 bits per heavy atom. The van der Waals surface area contributed by atoms with E-state index >= 15 is 0 Å². The smallest absolute Gasteiger partial charge is 0.262 e. The first kappa shape index (κ1) is 35.3. The third kappa shape index (κ3) is 7.57. The normalized spacial score (nSPS) is 17.1. The van der Waals surface area contributed by atoms with Crippen molar-refractivity contribution in [2.45, 2.75) is 64.7 Å². The number of aromatic nitrogens is 3. The van der Waals surface area contributed by atoms with Gasteiger partial charge in [-0.15, -0.1) is 0 Å². The molecule has 2 aliphatic heterocycles. The highest BCUT2D eigenvalue weighted by Gasteiger charge is 2.22. The van der Waals surface area contributed by atoms with Crippen LogP contribution in [0.1, 0.15) is 49.3 Å². The van der Waals surface area contributed by atoms with Gasteiger partial charge in [0.2, 0.25) is 17.7 Å². The van der Waals surface area contributed by atoms with E-state index < -0.39 is 0 Å². The van der Waals surface area contributed by atoms with E-state index in [0.717, 1.165) is 51.8 Å². The minimum absolute atomic E-state index is 0.0705. The Morgan fingerprint density at radius 1 is 0.846 bits per heavy atom. The molecule has 4 N–H and O–H groups in total. The summed E-state index contributed by atoms with van der Waals surface area (Å²) in [6.45, 7) is 6.70. The summed E-state index contributed by atoms with van der Waals surface area (Å²) in [5, 5.41) is 13.2. The molecule has 12 heteroatoms. The Bertz CT molecular complexity index is 2200. The Balaban J connectivity index is 1.11. The first-order chi connectivity index (χ1) is 25.3. The van der Waals surface area contributed by atoms with Crippen molar-refractivity contribution in [3.63, 3.8) is 0 Å². The molecule has 5 heterocycles. The number of hydrogen-bond donors (Lipinski definition) is 4. The minimum atomic E-state index is -0.127. The average Bonchev–Trinajstić information content (AvgIpc) is 3.77. The van der Waals surface area contributed by atoms with Gasteiger partial charge in [0.25, 0.3) is 5.56 Å². The summed E-state index contributed by atoms with van der Waals surface area (Å²) in [6, 6.07) is 20.2. The SMILES string of the molecule is CCOc1nc(-c2cccc(-c3cccc(-c4ccn5c(=O)c(CNCC6CCC(=O)N6)cnc5c4)c3C)c2Cl)ccc1CNCC1CCC(=O)N1. The van der Waals surface area contributed by atoms with E-state index in [9.17, 15) is 14.4 Å². The molecule has 2 aromatic carbocycles. The minimum Gasteiger partial charge on any atom is -0.478 e. The molecule has 2 atom stereocenters. The Kier molecular flexibility index (Phi) is 10.6. The fourth-order valence-electron chi connectivity index (χ4n) is 7.02. The van der Waals surface area contributed by atoms with Gasteiger partial charge in [0, 0.05) is 85.8 Å². The molecular formula is C40H42ClN7O4. The van der Waals surface area contributed by atoms with Crippen LogP contribution in [-0.2, 0) is 22.7 Å². The molecule has 0 radical (unpaired) electrons. The Labute approximate surface area is 307 Å². The molecule has 5 aromatic rings. The molecule has 0 aliphatic carbocycles. The van der Waals surface area contributed by atoms with E-state index in [-0.39, 0.29) is 29.5 Å². The van der Waals surface area contributed by atoms with E-state index in [0.29, 0.717) is 73.4 Å². The largest absolute Gasteiger partial charge is 0.478 e. The Morgan fingerprint density at radius 2 is 1.50 bits per heavy atom. The summed E-state index contributed by atoms with van der Waals surface area (Å²) in [5.41, 5.74) is 8.27. The third-order valence-corrected chi connectivity index (χ3v) is 10.2. The molecule has 3 aromatic heterocycles. The fraction of sp³-hybridized carbons (Fsp3) is 0.325. The van der Waals surface area contributed by atoms with Gasteiger partial charge < -0.3 is 26.0 Å². The number of carbonyl (C=O) groups excluding carboxylic acids is 2. The standard InChI is InChI=1S/C40H42ClN7O4/c1-3-52-39-26(19-42-22-28-11-14-36(49)45-28)10-13-34(47-39)33-9-5-8-32(38(33)41)31-7-4-6-30(24(31)2)25-16-17-48-35(18-25)44-21-27(40(48)51)20-43-23-29-12-15-37(50)46-29/h4-10,13,16-18,21,28-29,42-43H,3,11-12,14-15,19-20,22-23H2,1-2H3,(H,45,49)(H,46,50). The van der Waals surface area contributed by atoms with Gasteiger partial charge >= 0.3 is 0 Å². The molecule has 2 unspecified atom stereocenters. The molecule has 11 nitrogen and oxygen atoms in total. The van der Waals surface area contributed by atoms with Gasteiger partial charge in [-0.2, -0.15) is 0 Å². The van der Waals surface area contributed by atoms with Crippen LogP contribution >= 0.6 is 11.6 Å². The summed E-state index contributed by atoms with van der Waals surface area (Å²) in [7, 11) is 0. The van der Waals surface area contributed by atoms with Gasteiger partial charge in [0.05, 0.1) is 17.3 Å². The van der Waals surface area contributed by atoms with Crippen LogP contribution < -0.4 is 31.6 Å². The van der Waals surface area contributed by atoms with Gasteiger partial charge in [0.1, 0.15) is 5.65 Å². The highest BCUT2D eigenvalue weighted by Crippen LogP contribution is 2.40. The molecule has 0 saturated carbocycles. The zero-order chi connectivity index (χ0) is 36.2. The predicted molar refractivity (Wildman–Crippen MR) is 202 cm³/mol. The van der Waals surface area contributed by atoms with Crippen molar-refractivity contribution in [2.75, 3.05) is 19.7 Å². The van der Waals surface area contributed by atoms with Crippen molar-refractivity contribution in [3.8, 4) is 39.4 Å². The van der Waals surface area contributed by atoms with Crippen molar-refractivity contribution in [1.29, 1.82) is 0 Å². The third-order valence-electron chi connectivity index (χ3n) is 9.79. The number of nitrogens with zero attached hydrogens (tertiary/aromatic N) is 3. The van der Waals surface area contributed by atoms with Crippen LogP contribution in [0.3, 0.4) is 0 Å². The van der Waals surface area contributed by atoms with Gasteiger partial charge in [-0.25, -0.2) is 9.97 Å². The van der Waals surface area contributed by atoms with E-state index in [1.165, 1.54) is 0 Å². The van der Waals surface area contributed by atoms with Gasteiger partial charge in [-0.05, 0) is 67.1 Å². The van der Waals surface area contributed by atoms with Crippen LogP contribution in [0.4, 0.5) is 0 Å². The van der Waals surface area contributed by atoms with Crippen molar-refractivity contribution in [1.82, 2.24) is 35.6 Å². The van der Waals surface area contributed by atoms with Crippen LogP contribution in [-0.4, -0.2) is 58.0 Å². The molecule has 0 spiro atoms. The number of amides is 2. The molecule has 268 valence electrons. The number of halogens is 1. The number of carbonyl (C=O) groups is 2. The first-order valence-electron chi connectivity index (χ1n) is 17.8. The summed E-state index contributed by atoms with van der Waals surface area (Å²) in [5.74, 6) is 0.723. The second-order valence-electron chi connectivity index (χ2n) is 13.3. The molecule has 7 rings (SSSR count). The van der Waals surface area contributed by atoms with E-state index in [4.69, 9.17) is 21.3 Å². The summed E-state index contributed by atoms with van der Waals surface area (Å²) < 4.78 is 7.52. The summed E-state index contributed by atoms with van der Waals surface area (Å²) in [4.78, 5) is 45.9. The number of pyridine rings is 2. The first-order valence-corrected chi connectivity index (χ1v) is 18.2. The van der Waals surface area contributed by atoms with Crippen LogP contribution in [0.25, 0.3) is 39.2 Å². The van der Waals surface area contributed by atoms with Crippen LogP contribution in [0.15, 0.2) is 77.9 Å². The molecule has 2 amide bonds.